The zero-order valence-corrected chi connectivity index (χ0v) is 17.6. The van der Waals surface area contributed by atoms with Gasteiger partial charge in [-0.05, 0) is 50.8 Å². The number of carbonyl (C=O) groups excluding carboxylic acids is 2. The van der Waals surface area contributed by atoms with Gasteiger partial charge < -0.3 is 14.8 Å². The molecule has 3 fully saturated rings. The van der Waals surface area contributed by atoms with Gasteiger partial charge in [0, 0.05) is 62.2 Å². The van der Waals surface area contributed by atoms with E-state index >= 15 is 0 Å². The Balaban J connectivity index is 1.29. The predicted molar refractivity (Wildman–Crippen MR) is 113 cm³/mol. The van der Waals surface area contributed by atoms with Crippen molar-refractivity contribution in [2.45, 2.75) is 70.0 Å². The molecular formula is C23H32N4O3. The van der Waals surface area contributed by atoms with Crippen LogP contribution < -0.4 is 10.9 Å². The van der Waals surface area contributed by atoms with Crippen LogP contribution in [0.3, 0.4) is 0 Å². The van der Waals surface area contributed by atoms with Crippen molar-refractivity contribution in [3.05, 3.63) is 33.7 Å². The van der Waals surface area contributed by atoms with Gasteiger partial charge in [0.15, 0.2) is 0 Å². The quantitative estimate of drug-likeness (QED) is 0.812. The first-order valence-corrected chi connectivity index (χ1v) is 11.6. The molecule has 7 heteroatoms. The third kappa shape index (κ3) is 3.92. The van der Waals surface area contributed by atoms with Crippen LogP contribution in [0.1, 0.15) is 62.1 Å². The Hall–Kier alpha value is -2.15. The average molecular weight is 413 g/mol. The first kappa shape index (κ1) is 19.8. The van der Waals surface area contributed by atoms with E-state index in [0.717, 1.165) is 50.3 Å². The number of aromatic nitrogens is 1. The summed E-state index contributed by atoms with van der Waals surface area (Å²) in [7, 11) is 0. The minimum Gasteiger partial charge on any atom is -0.353 e. The number of nitrogens with one attached hydrogen (secondary N) is 1. The molecule has 162 valence electrons. The molecule has 4 aliphatic rings. The highest BCUT2D eigenvalue weighted by atomic mass is 16.2. The molecule has 0 saturated carbocycles. The van der Waals surface area contributed by atoms with Crippen LogP contribution in [0.25, 0.3) is 0 Å². The molecule has 0 unspecified atom stereocenters. The van der Waals surface area contributed by atoms with Crippen molar-refractivity contribution in [1.29, 1.82) is 0 Å². The second kappa shape index (κ2) is 8.17. The topological polar surface area (TPSA) is 74.7 Å². The number of nitrogens with zero attached hydrogens (tertiary/aromatic N) is 3. The van der Waals surface area contributed by atoms with Crippen molar-refractivity contribution in [2.24, 2.45) is 5.92 Å². The van der Waals surface area contributed by atoms with Crippen molar-refractivity contribution in [3.63, 3.8) is 0 Å². The Bertz CT molecular complexity index is 889. The fourth-order valence-corrected chi connectivity index (χ4v) is 5.84. The highest BCUT2D eigenvalue weighted by Crippen LogP contribution is 2.35. The van der Waals surface area contributed by atoms with Crippen LogP contribution >= 0.6 is 0 Å². The van der Waals surface area contributed by atoms with Gasteiger partial charge in [-0.15, -0.1) is 0 Å². The molecule has 7 nitrogen and oxygen atoms in total. The fraction of sp³-hybridized carbons (Fsp3) is 0.696. The summed E-state index contributed by atoms with van der Waals surface area (Å²) in [6.07, 6.45) is 6.48. The molecule has 1 N–H and O–H groups in total. The van der Waals surface area contributed by atoms with E-state index < -0.39 is 0 Å². The highest BCUT2D eigenvalue weighted by Gasteiger charge is 2.37. The molecule has 0 radical (unpaired) electrons. The van der Waals surface area contributed by atoms with Gasteiger partial charge in [0.05, 0.1) is 0 Å². The summed E-state index contributed by atoms with van der Waals surface area (Å²) in [6.45, 7) is 5.05. The van der Waals surface area contributed by atoms with Crippen molar-refractivity contribution in [2.75, 3.05) is 26.2 Å². The second-order valence-corrected chi connectivity index (χ2v) is 9.64. The van der Waals surface area contributed by atoms with Crippen molar-refractivity contribution in [1.82, 2.24) is 19.7 Å². The summed E-state index contributed by atoms with van der Waals surface area (Å²) in [5.74, 6) is 0.754. The van der Waals surface area contributed by atoms with Gasteiger partial charge in [0.2, 0.25) is 11.8 Å². The molecule has 0 aromatic carbocycles. The normalized spacial score (nSPS) is 28.9. The lowest BCUT2D eigenvalue weighted by Crippen LogP contribution is -2.50. The number of amides is 2. The number of piperidine rings is 2. The van der Waals surface area contributed by atoms with E-state index in [1.165, 1.54) is 19.3 Å². The molecule has 4 aliphatic heterocycles. The maximum Gasteiger partial charge on any atom is 0.255 e. The van der Waals surface area contributed by atoms with Gasteiger partial charge in [-0.3, -0.25) is 19.3 Å². The van der Waals surface area contributed by atoms with E-state index in [0.29, 0.717) is 31.8 Å². The van der Waals surface area contributed by atoms with E-state index in [9.17, 15) is 14.4 Å². The van der Waals surface area contributed by atoms with Gasteiger partial charge in [0.25, 0.3) is 5.56 Å². The summed E-state index contributed by atoms with van der Waals surface area (Å²) in [5.41, 5.74) is 2.16. The molecule has 30 heavy (non-hydrogen) atoms. The summed E-state index contributed by atoms with van der Waals surface area (Å²) >= 11 is 0. The van der Waals surface area contributed by atoms with Crippen molar-refractivity contribution >= 4 is 11.8 Å². The van der Waals surface area contributed by atoms with Crippen LogP contribution in [-0.2, 0) is 22.7 Å². The number of hydrogen-bond acceptors (Lipinski definition) is 4. The Morgan fingerprint density at radius 1 is 1.07 bits per heavy atom. The van der Waals surface area contributed by atoms with Crippen molar-refractivity contribution < 1.29 is 9.59 Å². The number of pyridine rings is 1. The first-order valence-electron chi connectivity index (χ1n) is 11.6. The zero-order chi connectivity index (χ0) is 20.7. The maximum atomic E-state index is 13.2. The smallest absolute Gasteiger partial charge is 0.255 e. The van der Waals surface area contributed by atoms with Gasteiger partial charge in [-0.2, -0.15) is 0 Å². The maximum absolute atomic E-state index is 13.2. The van der Waals surface area contributed by atoms with Gasteiger partial charge in [-0.1, -0.05) is 12.5 Å². The largest absolute Gasteiger partial charge is 0.353 e. The third-order valence-corrected chi connectivity index (χ3v) is 7.38. The molecule has 2 amide bonds. The van der Waals surface area contributed by atoms with E-state index in [2.05, 4.69) is 16.3 Å². The highest BCUT2D eigenvalue weighted by molar-refractivity contribution is 5.82. The molecule has 3 saturated heterocycles. The monoisotopic (exact) mass is 412 g/mol. The second-order valence-electron chi connectivity index (χ2n) is 9.64. The lowest BCUT2D eigenvalue weighted by molar-refractivity contribution is -0.134. The fourth-order valence-electron chi connectivity index (χ4n) is 5.84. The van der Waals surface area contributed by atoms with E-state index in [-0.39, 0.29) is 29.3 Å². The number of hydrogen-bond donors (Lipinski definition) is 1. The number of likely N-dealkylation sites (tertiary alicyclic amines) is 2. The lowest BCUT2D eigenvalue weighted by Gasteiger charge is -2.43. The predicted octanol–water partition coefficient (Wildman–Crippen LogP) is 1.45. The lowest BCUT2D eigenvalue weighted by atomic mass is 9.82. The molecule has 1 aromatic rings. The Labute approximate surface area is 177 Å². The third-order valence-electron chi connectivity index (χ3n) is 7.38. The molecule has 2 bridgehead atoms. The summed E-state index contributed by atoms with van der Waals surface area (Å²) in [4.78, 5) is 41.9. The van der Waals surface area contributed by atoms with E-state index in [1.54, 1.807) is 0 Å². The molecule has 0 spiro atoms. The number of fused-ring (bicyclic) bond motifs is 4. The molecular weight excluding hydrogens is 380 g/mol. The number of rotatable bonds is 4. The van der Waals surface area contributed by atoms with Crippen LogP contribution in [0, 0.1) is 5.92 Å². The van der Waals surface area contributed by atoms with Gasteiger partial charge in [0.1, 0.15) is 0 Å². The van der Waals surface area contributed by atoms with E-state index in [1.807, 2.05) is 15.5 Å². The Kier molecular flexibility index (Phi) is 5.39. The number of carbonyl (C=O) groups is 2. The summed E-state index contributed by atoms with van der Waals surface area (Å²) < 4.78 is 2.00. The van der Waals surface area contributed by atoms with E-state index in [4.69, 9.17) is 0 Å². The van der Waals surface area contributed by atoms with Crippen LogP contribution in [0.2, 0.25) is 0 Å². The molecule has 5 heterocycles. The summed E-state index contributed by atoms with van der Waals surface area (Å²) in [6, 6.07) is 4.14. The van der Waals surface area contributed by atoms with Crippen molar-refractivity contribution in [3.8, 4) is 0 Å². The molecule has 1 aromatic heterocycles. The molecule has 0 aliphatic carbocycles. The van der Waals surface area contributed by atoms with Crippen LogP contribution in [0.4, 0.5) is 0 Å². The first-order chi connectivity index (χ1) is 14.6. The van der Waals surface area contributed by atoms with Crippen LogP contribution in [0.15, 0.2) is 16.9 Å². The van der Waals surface area contributed by atoms with Gasteiger partial charge in [-0.25, -0.2) is 0 Å². The molecule has 5 rings (SSSR count). The van der Waals surface area contributed by atoms with Crippen LogP contribution in [0.5, 0.6) is 0 Å². The Morgan fingerprint density at radius 3 is 2.67 bits per heavy atom. The van der Waals surface area contributed by atoms with Gasteiger partial charge >= 0.3 is 0 Å². The summed E-state index contributed by atoms with van der Waals surface area (Å²) in [5, 5.41) is 2.90. The van der Waals surface area contributed by atoms with Crippen LogP contribution in [-0.4, -0.2) is 58.4 Å². The minimum absolute atomic E-state index is 0.0148. The minimum atomic E-state index is -0.0148. The Morgan fingerprint density at radius 2 is 1.90 bits per heavy atom. The SMILES string of the molecule is O=C1CC[C@H](CC(=O)N2C[C@@H]3C[C@H](C2)c2ccc(CN4CCCCC4)c(=O)n2C3)N1. The molecule has 3 atom stereocenters. The average Bonchev–Trinajstić information content (AvgIpc) is 3.15. The standard InChI is InChI=1S/C23H32N4O3/c28-21-7-5-19(24-21)11-22(29)26-12-16-10-18(15-26)20-6-4-17(23(30)27(20)13-16)14-25-8-2-1-3-9-25/h4,6,16,18-19H,1-3,5,7-15H2,(H,24,28)/t16-,18+,19+/m0/s1. The zero-order valence-electron chi connectivity index (χ0n) is 17.6.